The van der Waals surface area contributed by atoms with Gasteiger partial charge in [-0.1, -0.05) is 12.1 Å². The smallest absolute Gasteiger partial charge is 0.410 e. The number of ether oxygens (including phenoxy) is 1. The Morgan fingerprint density at radius 3 is 2.11 bits per heavy atom. The fourth-order valence-corrected chi connectivity index (χ4v) is 4.85. The van der Waals surface area contributed by atoms with Crippen molar-refractivity contribution in [2.45, 2.75) is 45.1 Å². The predicted octanol–water partition coefficient (Wildman–Crippen LogP) is 1.41. The van der Waals surface area contributed by atoms with Crippen LogP contribution >= 0.6 is 0 Å². The molecule has 1 N–H and O–H groups in total. The highest BCUT2D eigenvalue weighted by molar-refractivity contribution is 6.00. The number of nitrogens with one attached hydrogen (secondary N) is 1. The summed E-state index contributed by atoms with van der Waals surface area (Å²) in [6.45, 7) is 11.2. The van der Waals surface area contributed by atoms with Gasteiger partial charge in [-0.05, 0) is 44.9 Å². The number of hydrogen-bond donors (Lipinski definition) is 1. The van der Waals surface area contributed by atoms with E-state index in [2.05, 4.69) is 15.1 Å². The topological polar surface area (TPSA) is 102 Å². The number of anilines is 1. The first-order chi connectivity index (χ1) is 17.1. The van der Waals surface area contributed by atoms with Gasteiger partial charge in [-0.3, -0.25) is 24.6 Å². The summed E-state index contributed by atoms with van der Waals surface area (Å²) in [4.78, 5) is 56.6. The van der Waals surface area contributed by atoms with Crippen LogP contribution in [0, 0.1) is 0 Å². The molecule has 0 spiro atoms. The van der Waals surface area contributed by atoms with Crippen LogP contribution in [0.3, 0.4) is 0 Å². The van der Waals surface area contributed by atoms with Crippen LogP contribution in [0.15, 0.2) is 24.3 Å². The van der Waals surface area contributed by atoms with E-state index in [1.165, 1.54) is 0 Å². The van der Waals surface area contributed by atoms with Gasteiger partial charge in [0, 0.05) is 64.5 Å². The van der Waals surface area contributed by atoms with Gasteiger partial charge in [0.15, 0.2) is 0 Å². The second-order valence-electron chi connectivity index (χ2n) is 10.7. The van der Waals surface area contributed by atoms with E-state index in [9.17, 15) is 19.2 Å². The molecule has 4 rings (SSSR count). The van der Waals surface area contributed by atoms with E-state index < -0.39 is 5.60 Å². The third-order valence-electron chi connectivity index (χ3n) is 6.92. The molecule has 0 saturated carbocycles. The minimum absolute atomic E-state index is 0.119. The summed E-state index contributed by atoms with van der Waals surface area (Å²) in [5.74, 6) is -0.591. The molecule has 3 heterocycles. The van der Waals surface area contributed by atoms with Gasteiger partial charge in [-0.2, -0.15) is 0 Å². The van der Waals surface area contributed by atoms with E-state index >= 15 is 0 Å². The molecule has 196 valence electrons. The Morgan fingerprint density at radius 2 is 1.53 bits per heavy atom. The average Bonchev–Trinajstić information content (AvgIpc) is 2.84. The lowest BCUT2D eigenvalue weighted by Crippen LogP contribution is -2.54. The predicted molar refractivity (Wildman–Crippen MR) is 135 cm³/mol. The molecule has 3 aliphatic rings. The second-order valence-corrected chi connectivity index (χ2v) is 10.7. The number of benzene rings is 1. The molecule has 0 aliphatic carbocycles. The summed E-state index contributed by atoms with van der Waals surface area (Å²) < 4.78 is 5.44. The largest absolute Gasteiger partial charge is 0.444 e. The Bertz CT molecular complexity index is 973. The third kappa shape index (κ3) is 6.54. The van der Waals surface area contributed by atoms with Crippen LogP contribution in [0.4, 0.5) is 10.5 Å². The summed E-state index contributed by atoms with van der Waals surface area (Å²) in [6, 6.07) is 7.95. The zero-order chi connectivity index (χ0) is 25.9. The Morgan fingerprint density at radius 1 is 0.917 bits per heavy atom. The molecule has 3 aliphatic heterocycles. The van der Waals surface area contributed by atoms with Gasteiger partial charge >= 0.3 is 6.09 Å². The number of piperidine rings is 1. The van der Waals surface area contributed by atoms with Gasteiger partial charge in [-0.15, -0.1) is 0 Å². The normalized spacial score (nSPS) is 21.9. The van der Waals surface area contributed by atoms with Crippen LogP contribution in [0.2, 0.25) is 0 Å². The van der Waals surface area contributed by atoms with Crippen LogP contribution in [0.25, 0.3) is 0 Å². The van der Waals surface area contributed by atoms with Crippen LogP contribution in [0.5, 0.6) is 0 Å². The second kappa shape index (κ2) is 10.9. The summed E-state index contributed by atoms with van der Waals surface area (Å²) in [5.41, 5.74) is 1.47. The molecule has 10 heteroatoms. The number of hydrogen-bond acceptors (Lipinski definition) is 7. The number of carbonyl (C=O) groups is 4. The van der Waals surface area contributed by atoms with Crippen LogP contribution in [-0.4, -0.2) is 103 Å². The molecule has 10 nitrogen and oxygen atoms in total. The van der Waals surface area contributed by atoms with Gasteiger partial charge in [-0.25, -0.2) is 4.79 Å². The maximum absolute atomic E-state index is 12.9. The lowest BCUT2D eigenvalue weighted by Gasteiger charge is -2.39. The molecule has 3 saturated heterocycles. The molecule has 1 aromatic rings. The van der Waals surface area contributed by atoms with Crippen molar-refractivity contribution in [3.8, 4) is 0 Å². The minimum Gasteiger partial charge on any atom is -0.444 e. The maximum Gasteiger partial charge on any atom is 0.410 e. The molecule has 1 aromatic carbocycles. The highest BCUT2D eigenvalue weighted by Crippen LogP contribution is 2.27. The van der Waals surface area contributed by atoms with E-state index in [0.29, 0.717) is 58.7 Å². The van der Waals surface area contributed by atoms with E-state index in [0.717, 1.165) is 24.3 Å². The number of nitrogens with zero attached hydrogens (tertiary/aromatic N) is 4. The number of imide groups is 1. The fourth-order valence-electron chi connectivity index (χ4n) is 4.85. The lowest BCUT2D eigenvalue weighted by atomic mass is 9.90. The SMILES string of the molecule is CC(C)(C)OC(=O)N1CCN(CC(=O)N2CCN(c3ccc(C4CCC(=O)NC4=O)cc3)CC2)CC1. The van der Waals surface area contributed by atoms with E-state index in [-0.39, 0.29) is 29.7 Å². The first kappa shape index (κ1) is 25.9. The Balaban J connectivity index is 1.21. The first-order valence-corrected chi connectivity index (χ1v) is 12.8. The summed E-state index contributed by atoms with van der Waals surface area (Å²) in [6.07, 6.45) is 0.615. The van der Waals surface area contributed by atoms with Crippen molar-refractivity contribution in [1.82, 2.24) is 20.0 Å². The molecule has 1 atom stereocenters. The summed E-state index contributed by atoms with van der Waals surface area (Å²) in [7, 11) is 0. The average molecular weight is 500 g/mol. The number of rotatable bonds is 4. The molecule has 3 fully saturated rings. The molecule has 0 radical (unpaired) electrons. The van der Waals surface area contributed by atoms with Crippen molar-refractivity contribution in [3.05, 3.63) is 29.8 Å². The molecule has 0 aromatic heterocycles. The Hall–Kier alpha value is -3.14. The van der Waals surface area contributed by atoms with E-state index in [1.807, 2.05) is 49.9 Å². The fraction of sp³-hybridized carbons (Fsp3) is 0.615. The van der Waals surface area contributed by atoms with Crippen molar-refractivity contribution in [2.75, 3.05) is 63.8 Å². The highest BCUT2D eigenvalue weighted by atomic mass is 16.6. The van der Waals surface area contributed by atoms with Crippen molar-refractivity contribution >= 4 is 29.5 Å². The van der Waals surface area contributed by atoms with E-state index in [4.69, 9.17) is 4.74 Å². The van der Waals surface area contributed by atoms with Crippen LogP contribution in [-0.2, 0) is 19.1 Å². The van der Waals surface area contributed by atoms with Crippen LogP contribution < -0.4 is 10.2 Å². The molecular formula is C26H37N5O5. The highest BCUT2D eigenvalue weighted by Gasteiger charge is 2.30. The molecule has 1 unspecified atom stereocenters. The van der Waals surface area contributed by atoms with E-state index in [1.54, 1.807) is 4.90 Å². The molecular weight excluding hydrogens is 462 g/mol. The van der Waals surface area contributed by atoms with Crippen molar-refractivity contribution in [2.24, 2.45) is 0 Å². The Labute approximate surface area is 212 Å². The van der Waals surface area contributed by atoms with Crippen molar-refractivity contribution in [3.63, 3.8) is 0 Å². The first-order valence-electron chi connectivity index (χ1n) is 12.8. The number of amides is 4. The van der Waals surface area contributed by atoms with Gasteiger partial charge in [0.2, 0.25) is 17.7 Å². The number of carbonyl (C=O) groups excluding carboxylic acids is 4. The maximum atomic E-state index is 12.9. The monoisotopic (exact) mass is 499 g/mol. The standard InChI is InChI=1S/C26H37N5O5/c1-26(2,3)36-25(35)31-12-10-28(11-13-31)18-23(33)30-16-14-29(15-17-30)20-6-4-19(5-7-20)21-8-9-22(32)27-24(21)34/h4-7,21H,8-18H2,1-3H3,(H,27,32,34). The molecule has 0 bridgehead atoms. The van der Waals surface area contributed by atoms with Gasteiger partial charge in [0.25, 0.3) is 0 Å². The quantitative estimate of drug-likeness (QED) is 0.625. The zero-order valence-corrected chi connectivity index (χ0v) is 21.5. The van der Waals surface area contributed by atoms with Gasteiger partial charge in [0.1, 0.15) is 5.60 Å². The van der Waals surface area contributed by atoms with Crippen LogP contribution in [0.1, 0.15) is 45.1 Å². The summed E-state index contributed by atoms with van der Waals surface area (Å²) in [5, 5.41) is 2.41. The molecule has 4 amide bonds. The Kier molecular flexibility index (Phi) is 7.82. The minimum atomic E-state index is -0.512. The van der Waals surface area contributed by atoms with Gasteiger partial charge < -0.3 is 19.4 Å². The lowest BCUT2D eigenvalue weighted by molar-refractivity contribution is -0.135. The van der Waals surface area contributed by atoms with Crippen molar-refractivity contribution < 1.29 is 23.9 Å². The van der Waals surface area contributed by atoms with Crippen molar-refractivity contribution in [1.29, 1.82) is 0 Å². The summed E-state index contributed by atoms with van der Waals surface area (Å²) >= 11 is 0. The zero-order valence-electron chi connectivity index (χ0n) is 21.5. The third-order valence-corrected chi connectivity index (χ3v) is 6.92. The molecule has 36 heavy (non-hydrogen) atoms. The number of piperazine rings is 2. The van der Waals surface area contributed by atoms with Gasteiger partial charge in [0.05, 0.1) is 12.5 Å².